The van der Waals surface area contributed by atoms with Gasteiger partial charge in [-0.1, -0.05) is 0 Å². The Balaban J connectivity index is 1.79. The van der Waals surface area contributed by atoms with Crippen molar-refractivity contribution in [1.82, 2.24) is 9.97 Å². The van der Waals surface area contributed by atoms with E-state index in [4.69, 9.17) is 18.9 Å². The molecular formula is C20H22N4O4. The lowest BCUT2D eigenvalue weighted by atomic mass is 10.2. The first-order valence-corrected chi connectivity index (χ1v) is 8.47. The summed E-state index contributed by atoms with van der Waals surface area (Å²) in [5.41, 5.74) is 1.57. The molecule has 8 nitrogen and oxygen atoms in total. The summed E-state index contributed by atoms with van der Waals surface area (Å²) < 4.78 is 21.2. The molecule has 3 rings (SSSR count). The Morgan fingerprint density at radius 3 is 2.04 bits per heavy atom. The minimum Gasteiger partial charge on any atom is -0.497 e. The summed E-state index contributed by atoms with van der Waals surface area (Å²) >= 11 is 0. The number of nitrogens with one attached hydrogen (secondary N) is 2. The number of hydrogen-bond donors (Lipinski definition) is 2. The lowest BCUT2D eigenvalue weighted by Gasteiger charge is -2.13. The van der Waals surface area contributed by atoms with E-state index in [1.165, 1.54) is 6.33 Å². The van der Waals surface area contributed by atoms with Gasteiger partial charge in [-0.05, 0) is 24.3 Å². The van der Waals surface area contributed by atoms with E-state index < -0.39 is 0 Å². The number of methoxy groups -OCH3 is 4. The van der Waals surface area contributed by atoms with E-state index in [-0.39, 0.29) is 0 Å². The molecule has 0 saturated heterocycles. The quantitative estimate of drug-likeness (QED) is 0.605. The minimum atomic E-state index is 0.612. The summed E-state index contributed by atoms with van der Waals surface area (Å²) in [4.78, 5) is 8.52. The molecule has 0 fully saturated rings. The molecule has 0 amide bonds. The SMILES string of the molecule is COc1ccc(Nc2cc(Nc3ccc(OC)c(OC)c3)ncn2)c(OC)c1. The summed E-state index contributed by atoms with van der Waals surface area (Å²) in [6, 6.07) is 12.8. The molecule has 8 heteroatoms. The number of benzene rings is 2. The molecule has 2 aromatic carbocycles. The molecule has 0 saturated carbocycles. The van der Waals surface area contributed by atoms with Crippen LogP contribution in [-0.2, 0) is 0 Å². The summed E-state index contributed by atoms with van der Waals surface area (Å²) in [6.07, 6.45) is 1.47. The van der Waals surface area contributed by atoms with Crippen LogP contribution in [0.5, 0.6) is 23.0 Å². The number of nitrogens with zero attached hydrogens (tertiary/aromatic N) is 2. The van der Waals surface area contributed by atoms with Crippen LogP contribution in [0.1, 0.15) is 0 Å². The second kappa shape index (κ2) is 8.81. The van der Waals surface area contributed by atoms with Gasteiger partial charge in [0.05, 0.1) is 34.1 Å². The smallest absolute Gasteiger partial charge is 0.162 e. The highest BCUT2D eigenvalue weighted by atomic mass is 16.5. The lowest BCUT2D eigenvalue weighted by molar-refractivity contribution is 0.355. The zero-order chi connectivity index (χ0) is 19.9. The van der Waals surface area contributed by atoms with Crippen LogP contribution in [0.4, 0.5) is 23.0 Å². The van der Waals surface area contributed by atoms with Gasteiger partial charge in [-0.2, -0.15) is 0 Å². The Morgan fingerprint density at radius 2 is 1.36 bits per heavy atom. The van der Waals surface area contributed by atoms with Crippen LogP contribution >= 0.6 is 0 Å². The first-order chi connectivity index (χ1) is 13.7. The van der Waals surface area contributed by atoms with Crippen molar-refractivity contribution >= 4 is 23.0 Å². The topological polar surface area (TPSA) is 86.8 Å². The van der Waals surface area contributed by atoms with Crippen LogP contribution in [0.25, 0.3) is 0 Å². The van der Waals surface area contributed by atoms with E-state index in [0.717, 1.165) is 11.4 Å². The molecule has 0 bridgehead atoms. The first kappa shape index (κ1) is 19.1. The summed E-state index contributed by atoms with van der Waals surface area (Å²) in [7, 11) is 6.40. The van der Waals surface area contributed by atoms with Gasteiger partial charge in [0.2, 0.25) is 0 Å². The number of rotatable bonds is 8. The van der Waals surface area contributed by atoms with Crippen LogP contribution in [-0.4, -0.2) is 38.4 Å². The standard InChI is InChI=1S/C20H22N4O4/c1-25-14-6-7-15(17(10-14)27-3)24-20-11-19(21-12-22-20)23-13-5-8-16(26-2)18(9-13)28-4/h5-12H,1-4H3,(H2,21,22,23,24). The van der Waals surface area contributed by atoms with Crippen LogP contribution < -0.4 is 29.6 Å². The first-order valence-electron chi connectivity index (χ1n) is 8.47. The molecule has 2 N–H and O–H groups in total. The molecule has 0 aliphatic rings. The Kier molecular flexibility index (Phi) is 6.01. The van der Waals surface area contributed by atoms with E-state index in [0.29, 0.717) is 34.6 Å². The third kappa shape index (κ3) is 4.35. The van der Waals surface area contributed by atoms with E-state index in [9.17, 15) is 0 Å². The molecule has 1 heterocycles. The van der Waals surface area contributed by atoms with E-state index in [2.05, 4.69) is 20.6 Å². The second-order valence-corrected chi connectivity index (χ2v) is 5.67. The van der Waals surface area contributed by atoms with Crippen molar-refractivity contribution in [1.29, 1.82) is 0 Å². The Hall–Kier alpha value is -3.68. The van der Waals surface area contributed by atoms with E-state index >= 15 is 0 Å². The average molecular weight is 382 g/mol. The number of anilines is 4. The van der Waals surface area contributed by atoms with Crippen molar-refractivity contribution in [2.45, 2.75) is 0 Å². The van der Waals surface area contributed by atoms with Gasteiger partial charge in [0.15, 0.2) is 11.5 Å². The maximum Gasteiger partial charge on any atom is 0.162 e. The van der Waals surface area contributed by atoms with Gasteiger partial charge in [0, 0.05) is 23.9 Å². The highest BCUT2D eigenvalue weighted by Gasteiger charge is 2.08. The molecule has 1 aromatic heterocycles. The average Bonchev–Trinajstić information content (AvgIpc) is 2.74. The van der Waals surface area contributed by atoms with Crippen LogP contribution in [0.2, 0.25) is 0 Å². The van der Waals surface area contributed by atoms with Crippen molar-refractivity contribution in [3.8, 4) is 23.0 Å². The van der Waals surface area contributed by atoms with Crippen LogP contribution in [0.3, 0.4) is 0 Å². The Labute approximate surface area is 163 Å². The third-order valence-electron chi connectivity index (χ3n) is 3.99. The molecule has 0 unspecified atom stereocenters. The summed E-state index contributed by atoms with van der Waals surface area (Å²) in [6.45, 7) is 0. The van der Waals surface area contributed by atoms with Crippen molar-refractivity contribution in [2.75, 3.05) is 39.1 Å². The monoisotopic (exact) mass is 382 g/mol. The molecule has 146 valence electrons. The maximum atomic E-state index is 5.41. The summed E-state index contributed by atoms with van der Waals surface area (Å²) in [5, 5.41) is 6.45. The maximum absolute atomic E-state index is 5.41. The second-order valence-electron chi connectivity index (χ2n) is 5.67. The lowest BCUT2D eigenvalue weighted by Crippen LogP contribution is -2.00. The largest absolute Gasteiger partial charge is 0.497 e. The molecule has 0 atom stereocenters. The normalized spacial score (nSPS) is 10.1. The van der Waals surface area contributed by atoms with E-state index in [1.54, 1.807) is 40.6 Å². The number of ether oxygens (including phenoxy) is 4. The van der Waals surface area contributed by atoms with Gasteiger partial charge < -0.3 is 29.6 Å². The van der Waals surface area contributed by atoms with Gasteiger partial charge in [0.25, 0.3) is 0 Å². The molecule has 3 aromatic rings. The third-order valence-corrected chi connectivity index (χ3v) is 3.99. The Morgan fingerprint density at radius 1 is 0.643 bits per heavy atom. The summed E-state index contributed by atoms with van der Waals surface area (Å²) in [5.74, 6) is 3.87. The molecule has 28 heavy (non-hydrogen) atoms. The van der Waals surface area contributed by atoms with E-state index in [1.807, 2.05) is 30.3 Å². The molecule has 0 aliphatic heterocycles. The van der Waals surface area contributed by atoms with Gasteiger partial charge >= 0.3 is 0 Å². The van der Waals surface area contributed by atoms with Gasteiger partial charge in [0.1, 0.15) is 29.5 Å². The van der Waals surface area contributed by atoms with Gasteiger partial charge in [-0.3, -0.25) is 0 Å². The molecule has 0 spiro atoms. The zero-order valence-corrected chi connectivity index (χ0v) is 16.1. The fourth-order valence-corrected chi connectivity index (χ4v) is 2.60. The minimum absolute atomic E-state index is 0.612. The van der Waals surface area contributed by atoms with Crippen molar-refractivity contribution in [3.05, 3.63) is 48.8 Å². The molecule has 0 aliphatic carbocycles. The van der Waals surface area contributed by atoms with Crippen molar-refractivity contribution < 1.29 is 18.9 Å². The van der Waals surface area contributed by atoms with Crippen molar-refractivity contribution in [3.63, 3.8) is 0 Å². The van der Waals surface area contributed by atoms with Crippen LogP contribution in [0, 0.1) is 0 Å². The highest BCUT2D eigenvalue weighted by Crippen LogP contribution is 2.33. The predicted molar refractivity (Wildman–Crippen MR) is 108 cm³/mol. The fourth-order valence-electron chi connectivity index (χ4n) is 2.60. The Bertz CT molecular complexity index is 949. The fraction of sp³-hybridized carbons (Fsp3) is 0.200. The zero-order valence-electron chi connectivity index (χ0n) is 16.1. The predicted octanol–water partition coefficient (Wildman–Crippen LogP) is 4.00. The van der Waals surface area contributed by atoms with Gasteiger partial charge in [-0.25, -0.2) is 9.97 Å². The number of hydrogen-bond acceptors (Lipinski definition) is 8. The highest BCUT2D eigenvalue weighted by molar-refractivity contribution is 5.68. The molecule has 0 radical (unpaired) electrons. The van der Waals surface area contributed by atoms with Crippen LogP contribution in [0.15, 0.2) is 48.8 Å². The molecular weight excluding hydrogens is 360 g/mol. The van der Waals surface area contributed by atoms with Gasteiger partial charge in [-0.15, -0.1) is 0 Å². The van der Waals surface area contributed by atoms with Crippen molar-refractivity contribution in [2.24, 2.45) is 0 Å². The number of aromatic nitrogens is 2.